The third kappa shape index (κ3) is 2.44. The first kappa shape index (κ1) is 12.5. The van der Waals surface area contributed by atoms with Gasteiger partial charge in [0.25, 0.3) is 0 Å². The molecule has 0 saturated heterocycles. The average molecular weight is 334 g/mol. The quantitative estimate of drug-likeness (QED) is 0.689. The van der Waals surface area contributed by atoms with Crippen molar-refractivity contribution >= 4 is 27.5 Å². The first-order chi connectivity index (χ1) is 9.25. The van der Waals surface area contributed by atoms with E-state index in [-0.39, 0.29) is 0 Å². The maximum absolute atomic E-state index is 6.18. The molecular weight excluding hydrogens is 324 g/mol. The molecule has 94 valence electrons. The molecule has 0 saturated carbocycles. The summed E-state index contributed by atoms with van der Waals surface area (Å²) in [5, 5.41) is 0.690. The van der Waals surface area contributed by atoms with Crippen LogP contribution in [-0.4, -0.2) is 9.97 Å². The van der Waals surface area contributed by atoms with Gasteiger partial charge in [0, 0.05) is 15.6 Å². The van der Waals surface area contributed by atoms with Gasteiger partial charge in [-0.2, -0.15) is 0 Å². The van der Waals surface area contributed by atoms with E-state index in [0.29, 0.717) is 5.02 Å². The highest BCUT2D eigenvalue weighted by atomic mass is 79.9. The lowest BCUT2D eigenvalue weighted by Gasteiger charge is -2.01. The van der Waals surface area contributed by atoms with Crippen LogP contribution in [0.1, 0.15) is 0 Å². The molecular formula is C15H10BrClN2. The Morgan fingerprint density at radius 3 is 2.37 bits per heavy atom. The highest BCUT2D eigenvalue weighted by Crippen LogP contribution is 2.30. The first-order valence-electron chi connectivity index (χ1n) is 5.80. The predicted octanol–water partition coefficient (Wildman–Crippen LogP) is 5.16. The van der Waals surface area contributed by atoms with Crippen LogP contribution in [0.2, 0.25) is 5.02 Å². The van der Waals surface area contributed by atoms with Crippen molar-refractivity contribution in [3.05, 3.63) is 64.2 Å². The summed E-state index contributed by atoms with van der Waals surface area (Å²) in [4.78, 5) is 7.71. The molecule has 3 rings (SSSR count). The Bertz CT molecular complexity index is 661. The third-order valence-corrected chi connectivity index (χ3v) is 3.89. The molecule has 0 aliphatic carbocycles. The molecule has 0 atom stereocenters. The van der Waals surface area contributed by atoms with Gasteiger partial charge in [-0.05, 0) is 18.2 Å². The molecule has 1 heterocycles. The van der Waals surface area contributed by atoms with Gasteiger partial charge in [-0.25, -0.2) is 4.98 Å². The lowest BCUT2D eigenvalue weighted by atomic mass is 10.2. The Labute approximate surface area is 124 Å². The van der Waals surface area contributed by atoms with Crippen molar-refractivity contribution in [2.24, 2.45) is 0 Å². The van der Waals surface area contributed by atoms with Crippen LogP contribution in [0.5, 0.6) is 0 Å². The van der Waals surface area contributed by atoms with Crippen molar-refractivity contribution in [1.82, 2.24) is 9.97 Å². The minimum absolute atomic E-state index is 0.690. The molecule has 4 heteroatoms. The van der Waals surface area contributed by atoms with Crippen LogP contribution in [0.15, 0.2) is 59.2 Å². The van der Waals surface area contributed by atoms with Crippen LogP contribution in [-0.2, 0) is 0 Å². The van der Waals surface area contributed by atoms with Gasteiger partial charge in [-0.3, -0.25) is 0 Å². The monoisotopic (exact) mass is 332 g/mol. The van der Waals surface area contributed by atoms with E-state index in [0.717, 1.165) is 27.1 Å². The summed E-state index contributed by atoms with van der Waals surface area (Å²) in [5.74, 6) is 0.774. The third-order valence-electron chi connectivity index (χ3n) is 2.87. The fourth-order valence-electron chi connectivity index (χ4n) is 1.93. The first-order valence-corrected chi connectivity index (χ1v) is 6.97. The van der Waals surface area contributed by atoms with Gasteiger partial charge in [-0.15, -0.1) is 0 Å². The van der Waals surface area contributed by atoms with Gasteiger partial charge in [0.2, 0.25) is 0 Å². The van der Waals surface area contributed by atoms with Crippen molar-refractivity contribution < 1.29 is 0 Å². The van der Waals surface area contributed by atoms with Crippen LogP contribution >= 0.6 is 27.5 Å². The molecule has 1 aromatic heterocycles. The van der Waals surface area contributed by atoms with E-state index in [1.807, 2.05) is 54.7 Å². The van der Waals surface area contributed by atoms with Gasteiger partial charge >= 0.3 is 0 Å². The van der Waals surface area contributed by atoms with Crippen LogP contribution < -0.4 is 0 Å². The highest BCUT2D eigenvalue weighted by Gasteiger charge is 2.09. The van der Waals surface area contributed by atoms with Gasteiger partial charge < -0.3 is 4.98 Å². The summed E-state index contributed by atoms with van der Waals surface area (Å²) in [7, 11) is 0. The maximum atomic E-state index is 6.18. The molecule has 0 radical (unpaired) electrons. The van der Waals surface area contributed by atoms with Crippen molar-refractivity contribution in [3.63, 3.8) is 0 Å². The summed E-state index contributed by atoms with van der Waals surface area (Å²) in [6.07, 6.45) is 1.82. The topological polar surface area (TPSA) is 28.7 Å². The molecule has 0 unspecified atom stereocenters. The maximum Gasteiger partial charge on any atom is 0.139 e. The van der Waals surface area contributed by atoms with E-state index in [2.05, 4.69) is 25.9 Å². The minimum atomic E-state index is 0.690. The summed E-state index contributed by atoms with van der Waals surface area (Å²) in [6, 6.07) is 15.7. The van der Waals surface area contributed by atoms with Gasteiger partial charge in [-0.1, -0.05) is 57.9 Å². The summed E-state index contributed by atoms with van der Waals surface area (Å²) in [6.45, 7) is 0. The zero-order valence-electron chi connectivity index (χ0n) is 9.90. The number of hydrogen-bond donors (Lipinski definition) is 1. The van der Waals surface area contributed by atoms with Crippen LogP contribution in [0.3, 0.4) is 0 Å². The number of rotatable bonds is 2. The van der Waals surface area contributed by atoms with E-state index in [1.54, 1.807) is 0 Å². The number of H-pyrrole nitrogens is 1. The molecule has 3 aromatic rings. The number of halogens is 2. The molecule has 0 aliphatic heterocycles. The molecule has 0 fully saturated rings. The number of imidazole rings is 1. The van der Waals surface area contributed by atoms with E-state index in [9.17, 15) is 0 Å². The second kappa shape index (κ2) is 5.19. The lowest BCUT2D eigenvalue weighted by molar-refractivity contribution is 1.31. The zero-order valence-corrected chi connectivity index (χ0v) is 12.2. The molecule has 0 amide bonds. The van der Waals surface area contributed by atoms with E-state index in [4.69, 9.17) is 11.6 Å². The van der Waals surface area contributed by atoms with E-state index >= 15 is 0 Å². The number of aromatic amines is 1. The second-order valence-corrected chi connectivity index (χ2v) is 5.37. The Morgan fingerprint density at radius 1 is 0.947 bits per heavy atom. The smallest absolute Gasteiger partial charge is 0.139 e. The van der Waals surface area contributed by atoms with Crippen LogP contribution in [0.4, 0.5) is 0 Å². The normalized spacial score (nSPS) is 10.6. The SMILES string of the molecule is Clc1ccccc1-c1ncc(-c2ccccc2Br)[nH]1. The molecule has 19 heavy (non-hydrogen) atoms. The number of aromatic nitrogens is 2. The predicted molar refractivity (Wildman–Crippen MR) is 82.2 cm³/mol. The Kier molecular flexibility index (Phi) is 3.40. The summed E-state index contributed by atoms with van der Waals surface area (Å²) in [5.41, 5.74) is 2.94. The Morgan fingerprint density at radius 2 is 1.63 bits per heavy atom. The van der Waals surface area contributed by atoms with Crippen molar-refractivity contribution in [3.8, 4) is 22.6 Å². The molecule has 0 spiro atoms. The van der Waals surface area contributed by atoms with Gasteiger partial charge in [0.1, 0.15) is 5.82 Å². The number of benzene rings is 2. The molecule has 0 bridgehead atoms. The average Bonchev–Trinajstić information content (AvgIpc) is 2.89. The van der Waals surface area contributed by atoms with E-state index < -0.39 is 0 Å². The highest BCUT2D eigenvalue weighted by molar-refractivity contribution is 9.10. The largest absolute Gasteiger partial charge is 0.338 e. The minimum Gasteiger partial charge on any atom is -0.338 e. The Balaban J connectivity index is 2.06. The molecule has 1 N–H and O–H groups in total. The standard InChI is InChI=1S/C15H10BrClN2/c16-12-7-3-1-5-10(12)14-9-18-15(19-14)11-6-2-4-8-13(11)17/h1-9H,(H,18,19). The summed E-state index contributed by atoms with van der Waals surface area (Å²) < 4.78 is 1.03. The number of hydrogen-bond acceptors (Lipinski definition) is 1. The van der Waals surface area contributed by atoms with Crippen molar-refractivity contribution in [1.29, 1.82) is 0 Å². The van der Waals surface area contributed by atoms with Crippen LogP contribution in [0, 0.1) is 0 Å². The summed E-state index contributed by atoms with van der Waals surface area (Å²) >= 11 is 9.72. The number of nitrogens with zero attached hydrogens (tertiary/aromatic N) is 1. The molecule has 2 nitrogen and oxygen atoms in total. The van der Waals surface area contributed by atoms with Gasteiger partial charge in [0.05, 0.1) is 16.9 Å². The molecule has 0 aliphatic rings. The van der Waals surface area contributed by atoms with Crippen molar-refractivity contribution in [2.45, 2.75) is 0 Å². The lowest BCUT2D eigenvalue weighted by Crippen LogP contribution is -1.83. The number of nitrogens with one attached hydrogen (secondary N) is 1. The second-order valence-electron chi connectivity index (χ2n) is 4.11. The van der Waals surface area contributed by atoms with Crippen molar-refractivity contribution in [2.75, 3.05) is 0 Å². The Hall–Kier alpha value is -1.58. The van der Waals surface area contributed by atoms with Crippen LogP contribution in [0.25, 0.3) is 22.6 Å². The fourth-order valence-corrected chi connectivity index (χ4v) is 2.65. The van der Waals surface area contributed by atoms with Gasteiger partial charge in [0.15, 0.2) is 0 Å². The zero-order chi connectivity index (χ0) is 13.2. The fraction of sp³-hybridized carbons (Fsp3) is 0. The molecule has 2 aromatic carbocycles. The van der Waals surface area contributed by atoms with E-state index in [1.165, 1.54) is 0 Å².